The van der Waals surface area contributed by atoms with Crippen molar-refractivity contribution in [1.29, 1.82) is 0 Å². The van der Waals surface area contributed by atoms with E-state index >= 15 is 0 Å². The molecule has 2 unspecified atom stereocenters. The van der Waals surface area contributed by atoms with Crippen LogP contribution in [0.15, 0.2) is 12.1 Å². The summed E-state index contributed by atoms with van der Waals surface area (Å²) in [5.41, 5.74) is 0. The highest BCUT2D eigenvalue weighted by Crippen LogP contribution is 2.26. The molecule has 2 amide bonds. The summed E-state index contributed by atoms with van der Waals surface area (Å²) in [5.74, 6) is -0.0422. The molecule has 1 saturated heterocycles. The Balaban J connectivity index is 2.25. The van der Waals surface area contributed by atoms with Gasteiger partial charge in [-0.15, -0.1) is 11.3 Å². The summed E-state index contributed by atoms with van der Waals surface area (Å²) in [6, 6.07) is 2.83. The van der Waals surface area contributed by atoms with E-state index in [0.29, 0.717) is 10.9 Å². The standard InChI is InChI=1S/C13H17ClN2O2S/c1-7(2)11-12(17)15-8(3)13(18)16(11)6-9-4-5-10(14)19-9/h4-5,7-8,11H,6H2,1-3H3,(H,15,17). The van der Waals surface area contributed by atoms with Gasteiger partial charge in [-0.25, -0.2) is 0 Å². The van der Waals surface area contributed by atoms with Crippen molar-refractivity contribution >= 4 is 34.8 Å². The fourth-order valence-electron chi connectivity index (χ4n) is 2.33. The van der Waals surface area contributed by atoms with Crippen LogP contribution in [-0.4, -0.2) is 28.8 Å². The van der Waals surface area contributed by atoms with Crippen LogP contribution in [0.1, 0.15) is 25.6 Å². The lowest BCUT2D eigenvalue weighted by Gasteiger charge is -2.39. The molecular weight excluding hydrogens is 284 g/mol. The Bertz CT molecular complexity index is 501. The number of carbonyl (C=O) groups is 2. The van der Waals surface area contributed by atoms with Gasteiger partial charge in [0.05, 0.1) is 10.9 Å². The molecule has 1 aromatic rings. The van der Waals surface area contributed by atoms with Crippen molar-refractivity contribution in [3.8, 4) is 0 Å². The second-order valence-electron chi connectivity index (χ2n) is 5.09. The third-order valence-corrected chi connectivity index (χ3v) is 4.42. The number of nitrogens with one attached hydrogen (secondary N) is 1. The number of piperazine rings is 1. The maximum absolute atomic E-state index is 12.3. The molecule has 1 aromatic heterocycles. The van der Waals surface area contributed by atoms with Crippen LogP contribution in [0, 0.1) is 5.92 Å². The van der Waals surface area contributed by atoms with Crippen LogP contribution in [0.3, 0.4) is 0 Å². The minimum Gasteiger partial charge on any atom is -0.343 e. The summed E-state index contributed by atoms with van der Waals surface area (Å²) in [6.07, 6.45) is 0. The van der Waals surface area contributed by atoms with Crippen LogP contribution in [0.5, 0.6) is 0 Å². The van der Waals surface area contributed by atoms with Crippen molar-refractivity contribution in [3.05, 3.63) is 21.3 Å². The highest BCUT2D eigenvalue weighted by molar-refractivity contribution is 7.16. The van der Waals surface area contributed by atoms with E-state index in [2.05, 4.69) is 5.32 Å². The molecule has 0 spiro atoms. The van der Waals surface area contributed by atoms with Gasteiger partial charge in [0.15, 0.2) is 0 Å². The molecule has 2 atom stereocenters. The monoisotopic (exact) mass is 300 g/mol. The molecule has 1 fully saturated rings. The predicted octanol–water partition coefficient (Wildman–Crippen LogP) is 2.27. The maximum Gasteiger partial charge on any atom is 0.245 e. The molecule has 4 nitrogen and oxygen atoms in total. The average molecular weight is 301 g/mol. The Morgan fingerprint density at radius 3 is 2.63 bits per heavy atom. The van der Waals surface area contributed by atoms with Crippen LogP contribution < -0.4 is 5.32 Å². The van der Waals surface area contributed by atoms with Crippen molar-refractivity contribution in [3.63, 3.8) is 0 Å². The van der Waals surface area contributed by atoms with Crippen molar-refractivity contribution in [2.75, 3.05) is 0 Å². The van der Waals surface area contributed by atoms with E-state index in [0.717, 1.165) is 4.88 Å². The summed E-state index contributed by atoms with van der Waals surface area (Å²) in [7, 11) is 0. The second kappa shape index (κ2) is 5.51. The van der Waals surface area contributed by atoms with E-state index in [4.69, 9.17) is 11.6 Å². The van der Waals surface area contributed by atoms with E-state index in [1.54, 1.807) is 11.8 Å². The third-order valence-electron chi connectivity index (χ3n) is 3.20. The van der Waals surface area contributed by atoms with E-state index in [1.807, 2.05) is 26.0 Å². The number of carbonyl (C=O) groups excluding carboxylic acids is 2. The van der Waals surface area contributed by atoms with Crippen LogP contribution in [-0.2, 0) is 16.1 Å². The first-order valence-electron chi connectivity index (χ1n) is 6.25. The number of halogens is 1. The highest BCUT2D eigenvalue weighted by atomic mass is 35.5. The maximum atomic E-state index is 12.3. The Hall–Kier alpha value is -1.07. The van der Waals surface area contributed by atoms with Gasteiger partial charge in [-0.3, -0.25) is 9.59 Å². The molecule has 0 saturated carbocycles. The molecule has 1 aliphatic rings. The third kappa shape index (κ3) is 2.92. The minimum absolute atomic E-state index is 0.0391. The smallest absolute Gasteiger partial charge is 0.245 e. The van der Waals surface area contributed by atoms with Crippen LogP contribution >= 0.6 is 22.9 Å². The molecule has 1 aliphatic heterocycles. The molecule has 19 heavy (non-hydrogen) atoms. The summed E-state index contributed by atoms with van der Waals surface area (Å²) >= 11 is 7.35. The molecule has 104 valence electrons. The highest BCUT2D eigenvalue weighted by Gasteiger charge is 2.40. The molecule has 0 bridgehead atoms. The Morgan fingerprint density at radius 1 is 1.42 bits per heavy atom. The SMILES string of the molecule is CC1NC(=O)C(C(C)C)N(Cc2ccc(Cl)s2)C1=O. The molecule has 2 heterocycles. The van der Waals surface area contributed by atoms with Crippen molar-refractivity contribution < 1.29 is 9.59 Å². The number of nitrogens with zero attached hydrogens (tertiary/aromatic N) is 1. The molecule has 0 radical (unpaired) electrons. The Labute approximate surface area is 121 Å². The zero-order chi connectivity index (χ0) is 14.2. The number of amides is 2. The molecule has 2 rings (SSSR count). The average Bonchev–Trinajstić information content (AvgIpc) is 2.71. The first-order chi connectivity index (χ1) is 8.90. The van der Waals surface area contributed by atoms with Gasteiger partial charge < -0.3 is 10.2 Å². The van der Waals surface area contributed by atoms with Gasteiger partial charge in [0.1, 0.15) is 12.1 Å². The van der Waals surface area contributed by atoms with Crippen molar-refractivity contribution in [2.24, 2.45) is 5.92 Å². The van der Waals surface area contributed by atoms with E-state index in [9.17, 15) is 9.59 Å². The van der Waals surface area contributed by atoms with E-state index < -0.39 is 12.1 Å². The van der Waals surface area contributed by atoms with Gasteiger partial charge in [0, 0.05) is 4.88 Å². The lowest BCUT2D eigenvalue weighted by molar-refractivity contribution is -0.151. The fraction of sp³-hybridized carbons (Fsp3) is 0.538. The molecule has 0 aliphatic carbocycles. The largest absolute Gasteiger partial charge is 0.343 e. The molecule has 6 heteroatoms. The topological polar surface area (TPSA) is 49.4 Å². The second-order valence-corrected chi connectivity index (χ2v) is 6.89. The van der Waals surface area contributed by atoms with Gasteiger partial charge >= 0.3 is 0 Å². The molecule has 0 aromatic carbocycles. The lowest BCUT2D eigenvalue weighted by atomic mass is 9.97. The van der Waals surface area contributed by atoms with Gasteiger partial charge in [-0.1, -0.05) is 25.4 Å². The summed E-state index contributed by atoms with van der Waals surface area (Å²) in [6.45, 7) is 6.05. The van der Waals surface area contributed by atoms with Crippen molar-refractivity contribution in [2.45, 2.75) is 39.4 Å². The number of hydrogen-bond acceptors (Lipinski definition) is 3. The molecular formula is C13H17ClN2O2S. The Morgan fingerprint density at radius 2 is 2.11 bits per heavy atom. The van der Waals surface area contributed by atoms with Gasteiger partial charge in [-0.2, -0.15) is 0 Å². The zero-order valence-electron chi connectivity index (χ0n) is 11.1. The van der Waals surface area contributed by atoms with Crippen LogP contribution in [0.4, 0.5) is 0 Å². The molecule has 1 N–H and O–H groups in total. The van der Waals surface area contributed by atoms with E-state index in [1.165, 1.54) is 11.3 Å². The number of thiophene rings is 1. The predicted molar refractivity (Wildman–Crippen MR) is 76.1 cm³/mol. The first kappa shape index (κ1) is 14.3. The normalized spacial score (nSPS) is 23.9. The fourth-order valence-corrected chi connectivity index (χ4v) is 3.42. The summed E-state index contributed by atoms with van der Waals surface area (Å²) in [5, 5.41) is 2.73. The summed E-state index contributed by atoms with van der Waals surface area (Å²) in [4.78, 5) is 27.0. The number of rotatable bonds is 3. The first-order valence-corrected chi connectivity index (χ1v) is 7.44. The quantitative estimate of drug-likeness (QED) is 0.931. The lowest BCUT2D eigenvalue weighted by Crippen LogP contribution is -2.63. The van der Waals surface area contributed by atoms with E-state index in [-0.39, 0.29) is 17.7 Å². The zero-order valence-corrected chi connectivity index (χ0v) is 12.7. The minimum atomic E-state index is -0.460. The summed E-state index contributed by atoms with van der Waals surface area (Å²) < 4.78 is 0.693. The van der Waals surface area contributed by atoms with Crippen LogP contribution in [0.2, 0.25) is 4.34 Å². The van der Waals surface area contributed by atoms with Gasteiger partial charge in [0.2, 0.25) is 11.8 Å². The number of hydrogen-bond donors (Lipinski definition) is 1. The van der Waals surface area contributed by atoms with Crippen LogP contribution in [0.25, 0.3) is 0 Å². The van der Waals surface area contributed by atoms with Gasteiger partial charge in [0.25, 0.3) is 0 Å². The van der Waals surface area contributed by atoms with Gasteiger partial charge in [-0.05, 0) is 25.0 Å². The van der Waals surface area contributed by atoms with Crippen molar-refractivity contribution in [1.82, 2.24) is 10.2 Å². The Kier molecular flexibility index (Phi) is 4.16.